The largest absolute Gasteiger partial charge is 0.274 e. The minimum Gasteiger partial charge on any atom is -0.274 e. The van der Waals surface area contributed by atoms with Gasteiger partial charge in [0.25, 0.3) is 0 Å². The molecule has 202 valence electrons. The van der Waals surface area contributed by atoms with Crippen molar-refractivity contribution in [2.45, 2.75) is 24.2 Å². The molecule has 8 rings (SSSR count). The summed E-state index contributed by atoms with van der Waals surface area (Å²) in [6.07, 6.45) is 2.58. The molecule has 0 unspecified atom stereocenters. The van der Waals surface area contributed by atoms with Gasteiger partial charge in [0.05, 0.1) is 22.9 Å². The Kier molecular flexibility index (Phi) is 6.20. The van der Waals surface area contributed by atoms with Crippen LogP contribution in [-0.2, 0) is 26.2 Å². The van der Waals surface area contributed by atoms with E-state index >= 15 is 0 Å². The molecule has 4 aromatic rings. The second-order valence-corrected chi connectivity index (χ2v) is 11.7. The van der Waals surface area contributed by atoms with Gasteiger partial charge in [-0.15, -0.1) is 0 Å². The van der Waals surface area contributed by atoms with E-state index in [0.717, 1.165) is 32.3 Å². The number of carbonyl (C=O) groups excluding carboxylic acids is 3. The lowest BCUT2D eigenvalue weighted by Crippen LogP contribution is -2.54. The Morgan fingerprint density at radius 3 is 2.10 bits per heavy atom. The number of anilines is 1. The molecule has 1 heterocycles. The lowest BCUT2D eigenvalue weighted by molar-refractivity contribution is -0.123. The predicted octanol–water partition coefficient (Wildman–Crippen LogP) is 5.73. The molecule has 3 amide bonds. The lowest BCUT2D eigenvalue weighted by Gasteiger charge is -2.52. The molecule has 41 heavy (non-hydrogen) atoms. The fourth-order valence-corrected chi connectivity index (χ4v) is 7.32. The van der Waals surface area contributed by atoms with Crippen LogP contribution in [0.3, 0.4) is 0 Å². The predicted molar refractivity (Wildman–Crippen MR) is 161 cm³/mol. The Labute approximate surface area is 246 Å². The van der Waals surface area contributed by atoms with Crippen LogP contribution in [0.5, 0.6) is 0 Å². The van der Waals surface area contributed by atoms with Crippen molar-refractivity contribution in [2.24, 2.45) is 16.9 Å². The zero-order valence-corrected chi connectivity index (χ0v) is 23.6. The molecule has 4 aromatic carbocycles. The van der Waals surface area contributed by atoms with Crippen molar-refractivity contribution >= 4 is 45.6 Å². The molecule has 2 atom stereocenters. The Hall–Kier alpha value is -4.36. The van der Waals surface area contributed by atoms with Gasteiger partial charge in [-0.05, 0) is 58.5 Å². The molecule has 0 radical (unpaired) electrons. The first kappa shape index (κ1) is 25.6. The van der Waals surface area contributed by atoms with E-state index in [9.17, 15) is 14.4 Å². The van der Waals surface area contributed by atoms with Gasteiger partial charge in [-0.25, -0.2) is 10.3 Å². The highest BCUT2D eigenvalue weighted by Gasteiger charge is 2.68. The maximum Gasteiger partial charge on any atom is 0.240 e. The van der Waals surface area contributed by atoms with E-state index < -0.39 is 17.3 Å². The standard InChI is InChI=1S/C34H26BrN3O3/c35-22-15-17-23(18-16-22)38-32(40)30-29-24-10-4-6-12-26(24)34(31(30)33(38)41,27-13-7-5-11-25(27)29)20-36-37-28(39)19-14-21-8-2-1-3-9-21/h1-13,15-18,20,29-31H,14,19H2,(H,37,39)/b36-20-/t29?,30-,31+,34?/m0/s1. The maximum atomic E-state index is 14.4. The molecule has 0 saturated carbocycles. The third-order valence-electron chi connectivity index (χ3n) is 8.71. The molecule has 4 aliphatic rings. The number of nitrogens with zero attached hydrogens (tertiary/aromatic N) is 2. The third-order valence-corrected chi connectivity index (χ3v) is 9.24. The summed E-state index contributed by atoms with van der Waals surface area (Å²) in [6.45, 7) is 0. The van der Waals surface area contributed by atoms with Crippen LogP contribution in [0.25, 0.3) is 0 Å². The lowest BCUT2D eigenvalue weighted by atomic mass is 9.47. The molecule has 2 bridgehead atoms. The number of imide groups is 1. The van der Waals surface area contributed by atoms with E-state index in [1.165, 1.54) is 4.90 Å². The second-order valence-electron chi connectivity index (χ2n) is 10.8. The summed E-state index contributed by atoms with van der Waals surface area (Å²) < 4.78 is 0.865. The van der Waals surface area contributed by atoms with Crippen molar-refractivity contribution in [3.05, 3.63) is 135 Å². The van der Waals surface area contributed by atoms with Gasteiger partial charge < -0.3 is 0 Å². The van der Waals surface area contributed by atoms with E-state index in [1.807, 2.05) is 91.0 Å². The van der Waals surface area contributed by atoms with Crippen LogP contribution in [0, 0.1) is 11.8 Å². The molecule has 7 heteroatoms. The van der Waals surface area contributed by atoms with Crippen molar-refractivity contribution in [3.8, 4) is 0 Å². The minimum atomic E-state index is -1.02. The van der Waals surface area contributed by atoms with Gasteiger partial charge in [-0.2, -0.15) is 5.10 Å². The topological polar surface area (TPSA) is 78.8 Å². The SMILES string of the molecule is O=C(CCc1ccccc1)N/N=C\C12c3ccccc3C(c3ccccc31)[C@@H]1C(=O)N(c3ccc(Br)cc3)C(=O)[C@@H]12. The van der Waals surface area contributed by atoms with Crippen molar-refractivity contribution in [2.75, 3.05) is 4.90 Å². The van der Waals surface area contributed by atoms with Crippen LogP contribution in [0.1, 0.15) is 40.2 Å². The number of amides is 3. The van der Waals surface area contributed by atoms with Crippen LogP contribution >= 0.6 is 15.9 Å². The summed E-state index contributed by atoms with van der Waals surface area (Å²) in [6, 6.07) is 33.1. The van der Waals surface area contributed by atoms with Crippen LogP contribution < -0.4 is 10.3 Å². The number of aryl methyl sites for hydroxylation is 1. The van der Waals surface area contributed by atoms with E-state index in [0.29, 0.717) is 12.1 Å². The van der Waals surface area contributed by atoms with Crippen LogP contribution in [0.15, 0.2) is 113 Å². The van der Waals surface area contributed by atoms with Gasteiger partial charge >= 0.3 is 0 Å². The van der Waals surface area contributed by atoms with Gasteiger partial charge in [0.2, 0.25) is 17.7 Å². The van der Waals surface area contributed by atoms with Crippen molar-refractivity contribution in [1.29, 1.82) is 0 Å². The monoisotopic (exact) mass is 603 g/mol. The molecule has 1 saturated heterocycles. The molecule has 6 nitrogen and oxygen atoms in total. The Morgan fingerprint density at radius 2 is 1.44 bits per heavy atom. The fraction of sp³-hybridized carbons (Fsp3) is 0.176. The highest BCUT2D eigenvalue weighted by Crippen LogP contribution is 2.63. The average Bonchev–Trinajstić information content (AvgIpc) is 3.28. The summed E-state index contributed by atoms with van der Waals surface area (Å²) in [5, 5.41) is 4.49. The summed E-state index contributed by atoms with van der Waals surface area (Å²) in [5.41, 5.74) is 7.26. The van der Waals surface area contributed by atoms with Gasteiger partial charge in [-0.3, -0.25) is 14.4 Å². The highest BCUT2D eigenvalue weighted by molar-refractivity contribution is 9.10. The minimum absolute atomic E-state index is 0.207. The number of hydrogen-bond donors (Lipinski definition) is 1. The number of halogens is 1. The number of benzene rings is 4. The molecular weight excluding hydrogens is 578 g/mol. The smallest absolute Gasteiger partial charge is 0.240 e. The Balaban J connectivity index is 1.31. The van der Waals surface area contributed by atoms with E-state index in [2.05, 4.69) is 26.5 Å². The second kappa shape index (κ2) is 9.93. The molecule has 3 aliphatic carbocycles. The first-order valence-electron chi connectivity index (χ1n) is 13.7. The molecular formula is C34H26BrN3O3. The molecule has 0 aromatic heterocycles. The Morgan fingerprint density at radius 1 is 0.829 bits per heavy atom. The normalized spacial score (nSPS) is 23.8. The third kappa shape index (κ3) is 3.90. The molecule has 0 spiro atoms. The molecule has 1 fully saturated rings. The number of nitrogens with one attached hydrogen (secondary N) is 1. The number of carbonyl (C=O) groups is 3. The summed E-state index contributed by atoms with van der Waals surface area (Å²) in [5.74, 6) is -2.21. The van der Waals surface area contributed by atoms with Gasteiger partial charge in [0.15, 0.2) is 0 Å². The summed E-state index contributed by atoms with van der Waals surface area (Å²) in [7, 11) is 0. The summed E-state index contributed by atoms with van der Waals surface area (Å²) >= 11 is 3.45. The zero-order valence-electron chi connectivity index (χ0n) is 22.0. The Bertz CT molecular complexity index is 1670. The number of hydrazone groups is 1. The van der Waals surface area contributed by atoms with E-state index in [-0.39, 0.29) is 30.1 Å². The van der Waals surface area contributed by atoms with Gasteiger partial charge in [-0.1, -0.05) is 94.8 Å². The molecule has 1 aliphatic heterocycles. The summed E-state index contributed by atoms with van der Waals surface area (Å²) in [4.78, 5) is 42.7. The number of rotatable bonds is 6. The number of hydrogen-bond acceptors (Lipinski definition) is 4. The molecule has 1 N–H and O–H groups in total. The van der Waals surface area contributed by atoms with Crippen LogP contribution in [-0.4, -0.2) is 23.9 Å². The average molecular weight is 605 g/mol. The van der Waals surface area contributed by atoms with E-state index in [1.54, 1.807) is 18.3 Å². The fourth-order valence-electron chi connectivity index (χ4n) is 7.06. The van der Waals surface area contributed by atoms with Crippen LogP contribution in [0.4, 0.5) is 5.69 Å². The van der Waals surface area contributed by atoms with Crippen molar-refractivity contribution < 1.29 is 14.4 Å². The van der Waals surface area contributed by atoms with Gasteiger partial charge in [0.1, 0.15) is 0 Å². The highest BCUT2D eigenvalue weighted by atomic mass is 79.9. The van der Waals surface area contributed by atoms with Crippen molar-refractivity contribution in [1.82, 2.24) is 5.43 Å². The first-order chi connectivity index (χ1) is 20.0. The van der Waals surface area contributed by atoms with E-state index in [4.69, 9.17) is 0 Å². The van der Waals surface area contributed by atoms with Crippen LogP contribution in [0.2, 0.25) is 0 Å². The van der Waals surface area contributed by atoms with Crippen molar-refractivity contribution in [3.63, 3.8) is 0 Å². The zero-order chi connectivity index (χ0) is 28.1. The van der Waals surface area contributed by atoms with Gasteiger partial charge in [0, 0.05) is 23.0 Å². The first-order valence-corrected chi connectivity index (χ1v) is 14.5. The quantitative estimate of drug-likeness (QED) is 0.173. The maximum absolute atomic E-state index is 14.4.